The summed E-state index contributed by atoms with van der Waals surface area (Å²) in [4.78, 5) is 12.8. The van der Waals surface area contributed by atoms with E-state index in [2.05, 4.69) is 59.8 Å². The van der Waals surface area contributed by atoms with Crippen LogP contribution < -0.4 is 0 Å². The number of hydrogen-bond acceptors (Lipinski definition) is 3. The molecular weight excluding hydrogens is 588 g/mol. The molecule has 4 aliphatic rings. The summed E-state index contributed by atoms with van der Waals surface area (Å²) >= 11 is 0. The second-order valence-electron chi connectivity index (χ2n) is 17.8. The number of esters is 1. The highest BCUT2D eigenvalue weighted by molar-refractivity contribution is 5.69. The van der Waals surface area contributed by atoms with Crippen LogP contribution in [0, 0.1) is 46.3 Å². The van der Waals surface area contributed by atoms with Crippen LogP contribution in [0.1, 0.15) is 183 Å². The summed E-state index contributed by atoms with van der Waals surface area (Å²) in [7, 11) is 0. The molecule has 3 saturated carbocycles. The van der Waals surface area contributed by atoms with Crippen molar-refractivity contribution in [2.24, 2.45) is 46.3 Å². The average Bonchev–Trinajstić information content (AvgIpc) is 3.41. The van der Waals surface area contributed by atoms with E-state index in [1.807, 2.05) is 12.2 Å². The molecule has 0 aliphatic heterocycles. The van der Waals surface area contributed by atoms with E-state index in [1.54, 1.807) is 5.57 Å². The van der Waals surface area contributed by atoms with Gasteiger partial charge in [-0.3, -0.25) is 4.79 Å². The monoisotopic (exact) mass is 665 g/mol. The first-order valence-corrected chi connectivity index (χ1v) is 21.0. The van der Waals surface area contributed by atoms with Gasteiger partial charge in [-0.05, 0) is 117 Å². The van der Waals surface area contributed by atoms with Crippen LogP contribution in [0.25, 0.3) is 0 Å². The van der Waals surface area contributed by atoms with Gasteiger partial charge in [0.1, 0.15) is 6.10 Å². The molecule has 4 aliphatic carbocycles. The molecule has 1 N–H and O–H groups in total. The molecule has 3 nitrogen and oxygen atoms in total. The van der Waals surface area contributed by atoms with Crippen molar-refractivity contribution in [2.45, 2.75) is 195 Å². The lowest BCUT2D eigenvalue weighted by Gasteiger charge is -2.58. The lowest BCUT2D eigenvalue weighted by Crippen LogP contribution is -2.51. The van der Waals surface area contributed by atoms with Gasteiger partial charge in [-0.25, -0.2) is 0 Å². The maximum Gasteiger partial charge on any atom is 0.306 e. The van der Waals surface area contributed by atoms with Gasteiger partial charge >= 0.3 is 5.97 Å². The van der Waals surface area contributed by atoms with Crippen LogP contribution in [-0.2, 0) is 9.53 Å². The van der Waals surface area contributed by atoms with Gasteiger partial charge < -0.3 is 9.84 Å². The highest BCUT2D eigenvalue weighted by atomic mass is 16.5. The van der Waals surface area contributed by atoms with Crippen LogP contribution in [0.3, 0.4) is 0 Å². The lowest BCUT2D eigenvalue weighted by atomic mass is 9.47. The Morgan fingerprint density at radius 3 is 2.48 bits per heavy atom. The Morgan fingerprint density at radius 1 is 0.896 bits per heavy atom. The van der Waals surface area contributed by atoms with E-state index in [0.29, 0.717) is 17.3 Å². The molecule has 0 aromatic heterocycles. The van der Waals surface area contributed by atoms with E-state index in [-0.39, 0.29) is 18.2 Å². The number of carbonyl (C=O) groups is 1. The van der Waals surface area contributed by atoms with E-state index in [4.69, 9.17) is 4.74 Å². The van der Waals surface area contributed by atoms with Crippen LogP contribution in [0.5, 0.6) is 0 Å². The average molecular weight is 665 g/mol. The number of aliphatic hydroxyl groups is 1. The normalized spacial score (nSPS) is 33.0. The number of allylic oxidation sites excluding steroid dienone is 4. The molecule has 0 radical (unpaired) electrons. The van der Waals surface area contributed by atoms with E-state index in [1.165, 1.54) is 89.9 Å². The predicted molar refractivity (Wildman–Crippen MR) is 204 cm³/mol. The van der Waals surface area contributed by atoms with Crippen LogP contribution >= 0.6 is 0 Å². The van der Waals surface area contributed by atoms with Crippen molar-refractivity contribution >= 4 is 5.97 Å². The second kappa shape index (κ2) is 19.3. The van der Waals surface area contributed by atoms with Crippen molar-refractivity contribution in [3.8, 4) is 0 Å². The maximum absolute atomic E-state index is 12.8. The van der Waals surface area contributed by atoms with Crippen molar-refractivity contribution in [3.05, 3.63) is 36.0 Å². The largest absolute Gasteiger partial charge is 0.462 e. The number of unbranched alkanes of at least 4 members (excludes halogenated alkanes) is 7. The van der Waals surface area contributed by atoms with E-state index >= 15 is 0 Å². The van der Waals surface area contributed by atoms with Gasteiger partial charge in [0.25, 0.3) is 0 Å². The van der Waals surface area contributed by atoms with Crippen LogP contribution in [0.15, 0.2) is 36.0 Å². The number of hydrogen-bond donors (Lipinski definition) is 1. The summed E-state index contributed by atoms with van der Waals surface area (Å²) in [5.74, 6) is 5.22. The second-order valence-corrected chi connectivity index (χ2v) is 17.8. The minimum absolute atomic E-state index is 0.0254. The summed E-state index contributed by atoms with van der Waals surface area (Å²) in [6, 6.07) is 0. The number of fused-ring (bicyclic) bond motifs is 5. The molecule has 48 heavy (non-hydrogen) atoms. The third-order valence-electron chi connectivity index (χ3n) is 14.0. The van der Waals surface area contributed by atoms with E-state index in [0.717, 1.165) is 80.5 Å². The fourth-order valence-corrected chi connectivity index (χ4v) is 11.1. The summed E-state index contributed by atoms with van der Waals surface area (Å²) in [5, 5.41) is 9.95. The lowest BCUT2D eigenvalue weighted by molar-refractivity contribution is -0.151. The highest BCUT2D eigenvalue weighted by Gasteiger charge is 2.59. The number of aliphatic hydroxyl groups excluding tert-OH is 1. The quantitative estimate of drug-likeness (QED) is 0.0610. The Hall–Kier alpha value is -1.35. The van der Waals surface area contributed by atoms with Crippen molar-refractivity contribution in [3.63, 3.8) is 0 Å². The maximum atomic E-state index is 12.8. The molecule has 3 fully saturated rings. The number of carbonyl (C=O) groups excluding carboxylic acids is 1. The van der Waals surface area contributed by atoms with Gasteiger partial charge in [0, 0.05) is 12.8 Å². The van der Waals surface area contributed by atoms with Crippen molar-refractivity contribution in [1.29, 1.82) is 0 Å². The topological polar surface area (TPSA) is 46.5 Å². The Bertz CT molecular complexity index is 1050. The molecule has 274 valence electrons. The van der Waals surface area contributed by atoms with E-state index < -0.39 is 0 Å². The first-order chi connectivity index (χ1) is 23.1. The minimum atomic E-state index is -0.310. The van der Waals surface area contributed by atoms with Crippen molar-refractivity contribution in [2.75, 3.05) is 0 Å². The molecule has 3 heteroatoms. The van der Waals surface area contributed by atoms with Crippen LogP contribution in [-0.4, -0.2) is 23.3 Å². The zero-order valence-electron chi connectivity index (χ0n) is 32.3. The van der Waals surface area contributed by atoms with Gasteiger partial charge in [-0.15, -0.1) is 0 Å². The van der Waals surface area contributed by atoms with Gasteiger partial charge in [0.15, 0.2) is 0 Å². The molecule has 0 unspecified atom stereocenters. The summed E-state index contributed by atoms with van der Waals surface area (Å²) < 4.78 is 6.11. The third-order valence-corrected chi connectivity index (χ3v) is 14.0. The Labute approximate surface area is 297 Å². The van der Waals surface area contributed by atoms with Crippen LogP contribution in [0.2, 0.25) is 0 Å². The zero-order valence-corrected chi connectivity index (χ0v) is 32.3. The third kappa shape index (κ3) is 10.6. The van der Waals surface area contributed by atoms with Gasteiger partial charge in [-0.1, -0.05) is 135 Å². The van der Waals surface area contributed by atoms with Gasteiger partial charge in [0.05, 0.1) is 6.10 Å². The van der Waals surface area contributed by atoms with Gasteiger partial charge in [0.2, 0.25) is 0 Å². The fourth-order valence-electron chi connectivity index (χ4n) is 11.1. The SMILES string of the molecule is CCCCC[C@H](O)/C=C/C=C/CCCCCCCC(=O)O[C@H]1CC[C@@]2(C)C(=CC[C@H]3[C@@H]4CC[C@H]([C@H](C)CCCC(C)C)[C@@]4(C)CC[C@@H]32)C1. The summed E-state index contributed by atoms with van der Waals surface area (Å²) in [6.07, 6.45) is 36.6. The molecular formula is C45H76O3. The molecule has 0 bridgehead atoms. The molecule has 0 aromatic carbocycles. The van der Waals surface area contributed by atoms with Gasteiger partial charge in [-0.2, -0.15) is 0 Å². The number of ether oxygens (including phenoxy) is 1. The standard InChI is InChI=1S/C45H76O3/c1-7-8-16-22-37(46)23-17-14-12-10-9-11-13-15-18-24-43(47)48-38-29-31-44(5)36(33-38)25-26-39-41-28-27-40(35(4)21-19-20-34(2)3)45(41,6)32-30-42(39)44/h12,14,17,23,25,34-35,37-42,46H,7-11,13,15-16,18-22,24,26-33H2,1-6H3/b14-12+,23-17+/t35-,37+,38+,39+,40-,41+,42+,44+,45-/m1/s1. The molecule has 0 saturated heterocycles. The fraction of sp³-hybridized carbons (Fsp3) is 0.844. The summed E-state index contributed by atoms with van der Waals surface area (Å²) in [5.41, 5.74) is 2.48. The van der Waals surface area contributed by atoms with Crippen molar-refractivity contribution < 1.29 is 14.6 Å². The molecule has 0 aromatic rings. The smallest absolute Gasteiger partial charge is 0.306 e. The first kappa shape index (κ1) is 39.4. The molecule has 0 heterocycles. The first-order valence-electron chi connectivity index (χ1n) is 21.0. The minimum Gasteiger partial charge on any atom is -0.462 e. The summed E-state index contributed by atoms with van der Waals surface area (Å²) in [6.45, 7) is 14.8. The molecule has 0 spiro atoms. The number of rotatable bonds is 20. The Balaban J connectivity index is 1.13. The Morgan fingerprint density at radius 2 is 1.69 bits per heavy atom. The van der Waals surface area contributed by atoms with Crippen LogP contribution in [0.4, 0.5) is 0 Å². The van der Waals surface area contributed by atoms with E-state index in [9.17, 15) is 9.90 Å². The predicted octanol–water partition coefficient (Wildman–Crippen LogP) is 12.7. The highest BCUT2D eigenvalue weighted by Crippen LogP contribution is 2.67. The molecule has 9 atom stereocenters. The van der Waals surface area contributed by atoms with Crippen molar-refractivity contribution in [1.82, 2.24) is 0 Å². The Kier molecular flexibility index (Phi) is 15.9. The zero-order chi connectivity index (χ0) is 34.6. The molecule has 4 rings (SSSR count). The molecule has 0 amide bonds.